The number of amides is 2. The number of carbonyl (C=O) groups excluding carboxylic acids is 2. The topological polar surface area (TPSA) is 81.2 Å². The largest absolute Gasteiger partial charge is 0.490 e. The van der Waals surface area contributed by atoms with Crippen LogP contribution in [-0.4, -0.2) is 64.9 Å². The Balaban J connectivity index is 1.65. The Morgan fingerprint density at radius 2 is 1.84 bits per heavy atom. The van der Waals surface area contributed by atoms with E-state index in [1.165, 1.54) is 0 Å². The molecule has 1 atom stereocenters. The van der Waals surface area contributed by atoms with Gasteiger partial charge in [0.2, 0.25) is 0 Å². The van der Waals surface area contributed by atoms with Gasteiger partial charge in [-0.1, -0.05) is 30.3 Å². The summed E-state index contributed by atoms with van der Waals surface area (Å²) in [5, 5.41) is 0. The molecule has 2 aromatic rings. The SMILES string of the molecule is CC(C)(C)OC(=O)N1CCN(C(=O)OCc2ccccc2)C(COc2cccnc2)C1. The lowest BCUT2D eigenvalue weighted by Gasteiger charge is -2.40. The molecule has 1 aromatic heterocycles. The standard InChI is InChI=1S/C23H29N3O5/c1-23(2,3)31-21(27)25-12-13-26(22(28)30-16-18-8-5-4-6-9-18)19(15-25)17-29-20-10-7-11-24-14-20/h4-11,14,19H,12-13,15-17H2,1-3H3. The summed E-state index contributed by atoms with van der Waals surface area (Å²) in [5.41, 5.74) is 0.316. The lowest BCUT2D eigenvalue weighted by molar-refractivity contribution is -0.00498. The highest BCUT2D eigenvalue weighted by atomic mass is 16.6. The summed E-state index contributed by atoms with van der Waals surface area (Å²) in [5.74, 6) is 0.592. The first-order valence-electron chi connectivity index (χ1n) is 10.3. The van der Waals surface area contributed by atoms with Crippen LogP contribution in [0.25, 0.3) is 0 Å². The maximum atomic E-state index is 12.8. The predicted molar refractivity (Wildman–Crippen MR) is 115 cm³/mol. The molecule has 2 heterocycles. The van der Waals surface area contributed by atoms with E-state index in [1.54, 1.807) is 34.3 Å². The molecule has 8 nitrogen and oxygen atoms in total. The van der Waals surface area contributed by atoms with Crippen molar-refractivity contribution in [2.24, 2.45) is 0 Å². The van der Waals surface area contributed by atoms with Crippen molar-refractivity contribution in [2.75, 3.05) is 26.2 Å². The number of nitrogens with zero attached hydrogens (tertiary/aromatic N) is 3. The van der Waals surface area contributed by atoms with Crippen molar-refractivity contribution in [2.45, 2.75) is 39.0 Å². The van der Waals surface area contributed by atoms with E-state index >= 15 is 0 Å². The van der Waals surface area contributed by atoms with E-state index in [-0.39, 0.29) is 25.8 Å². The summed E-state index contributed by atoms with van der Waals surface area (Å²) in [6.45, 7) is 6.83. The van der Waals surface area contributed by atoms with Crippen molar-refractivity contribution in [1.29, 1.82) is 0 Å². The van der Waals surface area contributed by atoms with Crippen LogP contribution in [0.15, 0.2) is 54.9 Å². The van der Waals surface area contributed by atoms with E-state index in [2.05, 4.69) is 4.98 Å². The monoisotopic (exact) mass is 427 g/mol. The second-order valence-corrected chi connectivity index (χ2v) is 8.31. The Kier molecular flexibility index (Phi) is 7.33. The maximum Gasteiger partial charge on any atom is 0.410 e. The predicted octanol–water partition coefficient (Wildman–Crippen LogP) is 3.72. The van der Waals surface area contributed by atoms with Crippen LogP contribution in [0.4, 0.5) is 9.59 Å². The first kappa shape index (κ1) is 22.4. The molecule has 166 valence electrons. The molecule has 1 aromatic carbocycles. The highest BCUT2D eigenvalue weighted by Crippen LogP contribution is 2.18. The summed E-state index contributed by atoms with van der Waals surface area (Å²) in [6, 6.07) is 12.7. The van der Waals surface area contributed by atoms with Crippen molar-refractivity contribution in [3.8, 4) is 5.75 Å². The van der Waals surface area contributed by atoms with Gasteiger partial charge in [-0.15, -0.1) is 0 Å². The second kappa shape index (κ2) is 10.1. The van der Waals surface area contributed by atoms with Crippen LogP contribution < -0.4 is 4.74 Å². The summed E-state index contributed by atoms with van der Waals surface area (Å²) < 4.78 is 16.8. The van der Waals surface area contributed by atoms with Gasteiger partial charge in [0, 0.05) is 25.8 Å². The normalized spacial score (nSPS) is 16.5. The Labute approximate surface area is 182 Å². The van der Waals surface area contributed by atoms with Gasteiger partial charge in [0.1, 0.15) is 24.6 Å². The number of aromatic nitrogens is 1. The average molecular weight is 428 g/mol. The van der Waals surface area contributed by atoms with Gasteiger partial charge in [-0.05, 0) is 38.5 Å². The number of benzene rings is 1. The molecule has 1 aliphatic heterocycles. The lowest BCUT2D eigenvalue weighted by atomic mass is 10.2. The van der Waals surface area contributed by atoms with Gasteiger partial charge in [0.25, 0.3) is 0 Å². The van der Waals surface area contributed by atoms with Crippen molar-refractivity contribution < 1.29 is 23.8 Å². The van der Waals surface area contributed by atoms with E-state index in [4.69, 9.17) is 14.2 Å². The molecule has 31 heavy (non-hydrogen) atoms. The van der Waals surface area contributed by atoms with Crippen LogP contribution in [0.3, 0.4) is 0 Å². The second-order valence-electron chi connectivity index (χ2n) is 8.31. The van der Waals surface area contributed by atoms with E-state index in [0.29, 0.717) is 18.8 Å². The molecule has 1 fully saturated rings. The van der Waals surface area contributed by atoms with Crippen LogP contribution in [0.5, 0.6) is 5.75 Å². The van der Waals surface area contributed by atoms with Crippen LogP contribution in [-0.2, 0) is 16.1 Å². The Morgan fingerprint density at radius 1 is 1.06 bits per heavy atom. The molecule has 0 radical (unpaired) electrons. The van der Waals surface area contributed by atoms with Crippen molar-refractivity contribution in [1.82, 2.24) is 14.8 Å². The van der Waals surface area contributed by atoms with Gasteiger partial charge in [0.05, 0.1) is 12.2 Å². The van der Waals surface area contributed by atoms with Crippen LogP contribution in [0.1, 0.15) is 26.3 Å². The Morgan fingerprint density at radius 3 is 2.52 bits per heavy atom. The molecule has 3 rings (SSSR count). The minimum atomic E-state index is -0.593. The zero-order valence-corrected chi connectivity index (χ0v) is 18.2. The van der Waals surface area contributed by atoms with Crippen LogP contribution >= 0.6 is 0 Å². The van der Waals surface area contributed by atoms with E-state index in [0.717, 1.165) is 5.56 Å². The van der Waals surface area contributed by atoms with E-state index < -0.39 is 17.8 Å². The molecule has 1 aliphatic rings. The van der Waals surface area contributed by atoms with Gasteiger partial charge >= 0.3 is 12.2 Å². The third kappa shape index (κ3) is 6.87. The molecule has 2 amide bonds. The highest BCUT2D eigenvalue weighted by Gasteiger charge is 2.35. The smallest absolute Gasteiger partial charge is 0.410 e. The average Bonchev–Trinajstić information content (AvgIpc) is 2.76. The van der Waals surface area contributed by atoms with E-state index in [1.807, 2.05) is 51.1 Å². The zero-order chi connectivity index (χ0) is 22.3. The van der Waals surface area contributed by atoms with Gasteiger partial charge in [-0.25, -0.2) is 9.59 Å². The number of pyridine rings is 1. The molecule has 0 N–H and O–H groups in total. The molecule has 1 unspecified atom stereocenters. The fourth-order valence-electron chi connectivity index (χ4n) is 3.16. The minimum absolute atomic E-state index is 0.183. The molecule has 0 spiro atoms. The zero-order valence-electron chi connectivity index (χ0n) is 18.2. The van der Waals surface area contributed by atoms with Gasteiger partial charge in [0.15, 0.2) is 0 Å². The first-order chi connectivity index (χ1) is 14.8. The van der Waals surface area contributed by atoms with Crippen LogP contribution in [0, 0.1) is 0 Å². The number of hydrogen-bond acceptors (Lipinski definition) is 6. The van der Waals surface area contributed by atoms with Crippen molar-refractivity contribution in [3.05, 3.63) is 60.4 Å². The summed E-state index contributed by atoms with van der Waals surface area (Å²) in [6.07, 6.45) is 2.42. The Hall–Kier alpha value is -3.29. The third-order valence-corrected chi connectivity index (χ3v) is 4.65. The lowest BCUT2D eigenvalue weighted by Crippen LogP contribution is -2.59. The number of piperazine rings is 1. The minimum Gasteiger partial charge on any atom is -0.490 e. The molecular weight excluding hydrogens is 398 g/mol. The quantitative estimate of drug-likeness (QED) is 0.723. The van der Waals surface area contributed by atoms with Crippen molar-refractivity contribution >= 4 is 12.2 Å². The number of rotatable bonds is 5. The molecule has 0 saturated carbocycles. The van der Waals surface area contributed by atoms with Gasteiger partial charge in [-0.2, -0.15) is 0 Å². The first-order valence-corrected chi connectivity index (χ1v) is 10.3. The molecule has 0 bridgehead atoms. The summed E-state index contributed by atoms with van der Waals surface area (Å²) >= 11 is 0. The van der Waals surface area contributed by atoms with Crippen molar-refractivity contribution in [3.63, 3.8) is 0 Å². The third-order valence-electron chi connectivity index (χ3n) is 4.65. The van der Waals surface area contributed by atoms with E-state index in [9.17, 15) is 9.59 Å². The molecule has 0 aliphatic carbocycles. The number of hydrogen-bond donors (Lipinski definition) is 0. The highest BCUT2D eigenvalue weighted by molar-refractivity contribution is 5.71. The summed E-state index contributed by atoms with van der Waals surface area (Å²) in [7, 11) is 0. The summed E-state index contributed by atoms with van der Waals surface area (Å²) in [4.78, 5) is 32.6. The van der Waals surface area contributed by atoms with Crippen LogP contribution in [0.2, 0.25) is 0 Å². The molecule has 8 heteroatoms. The fraction of sp³-hybridized carbons (Fsp3) is 0.435. The Bertz CT molecular complexity index is 855. The molecule has 1 saturated heterocycles. The van der Waals surface area contributed by atoms with Gasteiger partial charge in [-0.3, -0.25) is 9.88 Å². The maximum absolute atomic E-state index is 12.8. The molecular formula is C23H29N3O5. The number of ether oxygens (including phenoxy) is 3. The van der Waals surface area contributed by atoms with Gasteiger partial charge < -0.3 is 19.1 Å². The number of carbonyl (C=O) groups is 2. The fourth-order valence-corrected chi connectivity index (χ4v) is 3.16.